The first-order valence-corrected chi connectivity index (χ1v) is 10.3. The number of phenolic OH excluding ortho intramolecular Hbond substituents is 1. The predicted molar refractivity (Wildman–Crippen MR) is 116 cm³/mol. The van der Waals surface area contributed by atoms with Crippen LogP contribution in [0.2, 0.25) is 0 Å². The van der Waals surface area contributed by atoms with Crippen LogP contribution < -0.4 is 11.1 Å². The van der Waals surface area contributed by atoms with Crippen LogP contribution >= 0.6 is 0 Å². The quantitative estimate of drug-likeness (QED) is 0.346. The van der Waals surface area contributed by atoms with Crippen molar-refractivity contribution in [3.05, 3.63) is 75.6 Å². The molecule has 10 heteroatoms. The van der Waals surface area contributed by atoms with Gasteiger partial charge < -0.3 is 16.2 Å². The third kappa shape index (κ3) is 4.28. The molecule has 4 rings (SSSR count). The Bertz CT molecular complexity index is 1260. The van der Waals surface area contributed by atoms with E-state index in [2.05, 4.69) is 10.4 Å². The maximum absolute atomic E-state index is 13.9. The van der Waals surface area contributed by atoms with E-state index < -0.39 is 17.6 Å². The molecule has 0 atom stereocenters. The van der Waals surface area contributed by atoms with Gasteiger partial charge in [-0.3, -0.25) is 10.2 Å². The Morgan fingerprint density at radius 1 is 1.21 bits per heavy atom. The topological polar surface area (TPSA) is 117 Å². The van der Waals surface area contributed by atoms with Crippen molar-refractivity contribution in [2.45, 2.75) is 38.9 Å². The van der Waals surface area contributed by atoms with Crippen LogP contribution in [0.15, 0.2) is 36.4 Å². The molecule has 1 aliphatic carbocycles. The zero-order valence-electron chi connectivity index (χ0n) is 17.8. The number of aromatic nitrogens is 2. The highest BCUT2D eigenvalue weighted by molar-refractivity contribution is 5.96. The monoisotopic (exact) mass is 457 g/mol. The van der Waals surface area contributed by atoms with Crippen molar-refractivity contribution in [2.75, 3.05) is 0 Å². The summed E-state index contributed by atoms with van der Waals surface area (Å²) in [7, 11) is 0. The summed E-state index contributed by atoms with van der Waals surface area (Å²) in [5, 5.41) is 24.3. The van der Waals surface area contributed by atoms with E-state index in [4.69, 9.17) is 11.1 Å². The van der Waals surface area contributed by atoms with Crippen LogP contribution in [0, 0.1) is 12.3 Å². The van der Waals surface area contributed by atoms with Crippen molar-refractivity contribution in [1.29, 1.82) is 5.41 Å². The summed E-state index contributed by atoms with van der Waals surface area (Å²) < 4.78 is 43.1. The van der Waals surface area contributed by atoms with Gasteiger partial charge in [0.1, 0.15) is 11.6 Å². The number of amides is 1. The number of nitrogens with one attached hydrogen (secondary N) is 2. The van der Waals surface area contributed by atoms with Crippen molar-refractivity contribution < 1.29 is 23.1 Å². The van der Waals surface area contributed by atoms with Gasteiger partial charge in [-0.1, -0.05) is 0 Å². The molecule has 0 saturated heterocycles. The maximum atomic E-state index is 13.9. The van der Waals surface area contributed by atoms with Crippen LogP contribution in [0.3, 0.4) is 0 Å². The van der Waals surface area contributed by atoms with Gasteiger partial charge in [0.2, 0.25) is 0 Å². The van der Waals surface area contributed by atoms with Crippen LogP contribution in [0.25, 0.3) is 5.69 Å². The molecule has 0 bridgehead atoms. The van der Waals surface area contributed by atoms with Crippen molar-refractivity contribution in [2.24, 2.45) is 5.73 Å². The van der Waals surface area contributed by atoms with Gasteiger partial charge in [0.05, 0.1) is 16.9 Å². The average Bonchev–Trinajstić information content (AvgIpc) is 3.36. The largest absolute Gasteiger partial charge is 0.508 e. The number of carbonyl (C=O) groups excluding carboxylic acids is 1. The van der Waals surface area contributed by atoms with E-state index in [-0.39, 0.29) is 34.9 Å². The number of aryl methyl sites for hydroxylation is 1. The molecule has 33 heavy (non-hydrogen) atoms. The normalized spacial score (nSPS) is 13.1. The number of hydrogen-bond acceptors (Lipinski definition) is 4. The number of alkyl halides is 3. The van der Waals surface area contributed by atoms with E-state index in [1.165, 1.54) is 35.0 Å². The smallest absolute Gasteiger partial charge is 0.418 e. The Kier molecular flexibility index (Phi) is 5.61. The molecular formula is C23H22F3N5O2. The van der Waals surface area contributed by atoms with Crippen LogP contribution in [-0.4, -0.2) is 26.6 Å². The molecule has 0 spiro atoms. The first kappa shape index (κ1) is 22.4. The molecule has 2 aromatic carbocycles. The summed E-state index contributed by atoms with van der Waals surface area (Å²) >= 11 is 0. The second-order valence-corrected chi connectivity index (χ2v) is 7.95. The zero-order chi connectivity index (χ0) is 23.9. The fourth-order valence-electron chi connectivity index (χ4n) is 4.08. The van der Waals surface area contributed by atoms with Crippen LogP contribution in [0.5, 0.6) is 5.75 Å². The number of amidine groups is 1. The van der Waals surface area contributed by atoms with Crippen LogP contribution in [0.1, 0.15) is 50.4 Å². The molecule has 0 aliphatic heterocycles. The van der Waals surface area contributed by atoms with Crippen molar-refractivity contribution in [3.63, 3.8) is 0 Å². The highest BCUT2D eigenvalue weighted by Crippen LogP contribution is 2.37. The SMILES string of the molecule is Cc1nn(-c2ccc(C(=O)NCc3cc(C(=N)N)ccc3O)cc2C(F)(F)F)c2c1CCC2. The average molecular weight is 457 g/mol. The molecule has 1 heterocycles. The van der Waals surface area contributed by atoms with Gasteiger partial charge in [0, 0.05) is 28.9 Å². The second-order valence-electron chi connectivity index (χ2n) is 7.95. The van der Waals surface area contributed by atoms with Gasteiger partial charge in [-0.25, -0.2) is 4.68 Å². The number of benzene rings is 2. The highest BCUT2D eigenvalue weighted by atomic mass is 19.4. The van der Waals surface area contributed by atoms with Gasteiger partial charge in [-0.15, -0.1) is 0 Å². The van der Waals surface area contributed by atoms with Gasteiger partial charge in [0.25, 0.3) is 5.91 Å². The molecule has 1 aromatic heterocycles. The molecule has 3 aromatic rings. The standard InChI is InChI=1S/C23H22F3N5O2/c1-12-16-3-2-4-18(16)31(30-12)19-7-5-14(10-17(19)23(24,25)26)22(33)29-11-15-9-13(21(27)28)6-8-20(15)32/h5-10,32H,2-4,11H2,1H3,(H3,27,28)(H,29,33). The summed E-state index contributed by atoms with van der Waals surface area (Å²) in [6.07, 6.45) is -2.38. The third-order valence-corrected chi connectivity index (χ3v) is 5.75. The third-order valence-electron chi connectivity index (χ3n) is 5.75. The maximum Gasteiger partial charge on any atom is 0.418 e. The number of fused-ring (bicyclic) bond motifs is 1. The van der Waals surface area contributed by atoms with Crippen molar-refractivity contribution in [1.82, 2.24) is 15.1 Å². The number of aromatic hydroxyl groups is 1. The molecule has 7 nitrogen and oxygen atoms in total. The molecule has 0 radical (unpaired) electrons. The predicted octanol–water partition coefficient (Wildman–Crippen LogP) is 3.61. The Morgan fingerprint density at radius 2 is 1.94 bits per heavy atom. The van der Waals surface area contributed by atoms with Gasteiger partial charge in [-0.2, -0.15) is 18.3 Å². The minimum absolute atomic E-state index is 0.114. The Hall–Kier alpha value is -3.82. The van der Waals surface area contributed by atoms with E-state index in [1.807, 2.05) is 0 Å². The minimum Gasteiger partial charge on any atom is -0.508 e. The van der Waals surface area contributed by atoms with Crippen LogP contribution in [-0.2, 0) is 25.6 Å². The summed E-state index contributed by atoms with van der Waals surface area (Å²) in [6.45, 7) is 1.63. The van der Waals surface area contributed by atoms with E-state index >= 15 is 0 Å². The van der Waals surface area contributed by atoms with Gasteiger partial charge >= 0.3 is 6.18 Å². The minimum atomic E-state index is -4.69. The number of nitrogen functional groups attached to an aromatic ring is 1. The van der Waals surface area contributed by atoms with E-state index in [0.717, 1.165) is 30.2 Å². The molecule has 0 saturated carbocycles. The summed E-state index contributed by atoms with van der Waals surface area (Å²) in [6, 6.07) is 7.61. The Morgan fingerprint density at radius 3 is 2.64 bits per heavy atom. The number of halogens is 3. The zero-order valence-corrected chi connectivity index (χ0v) is 17.8. The molecule has 5 N–H and O–H groups in total. The molecular weight excluding hydrogens is 435 g/mol. The molecule has 0 fully saturated rings. The highest BCUT2D eigenvalue weighted by Gasteiger charge is 2.36. The van der Waals surface area contributed by atoms with Crippen LogP contribution in [0.4, 0.5) is 13.2 Å². The van der Waals surface area contributed by atoms with E-state index in [1.54, 1.807) is 6.92 Å². The number of carbonyl (C=O) groups is 1. The number of phenols is 1. The first-order valence-electron chi connectivity index (χ1n) is 10.3. The van der Waals surface area contributed by atoms with Gasteiger partial charge in [0.15, 0.2) is 0 Å². The van der Waals surface area contributed by atoms with E-state index in [9.17, 15) is 23.1 Å². The lowest BCUT2D eigenvalue weighted by atomic mass is 10.1. The number of hydrogen-bond donors (Lipinski definition) is 4. The lowest BCUT2D eigenvalue weighted by Crippen LogP contribution is -2.24. The summed E-state index contributed by atoms with van der Waals surface area (Å²) in [4.78, 5) is 12.6. The number of rotatable bonds is 5. The number of nitrogens with two attached hydrogens (primary N) is 1. The number of nitrogens with zero attached hydrogens (tertiary/aromatic N) is 2. The van der Waals surface area contributed by atoms with E-state index in [0.29, 0.717) is 17.7 Å². The fraction of sp³-hybridized carbons (Fsp3) is 0.261. The molecule has 0 unspecified atom stereocenters. The summed E-state index contributed by atoms with van der Waals surface area (Å²) in [5.41, 5.74) is 7.30. The van der Waals surface area contributed by atoms with Crippen molar-refractivity contribution in [3.8, 4) is 11.4 Å². The van der Waals surface area contributed by atoms with Crippen molar-refractivity contribution >= 4 is 11.7 Å². The molecule has 1 aliphatic rings. The lowest BCUT2D eigenvalue weighted by molar-refractivity contribution is -0.137. The Labute approximate surface area is 187 Å². The van der Waals surface area contributed by atoms with Gasteiger partial charge in [-0.05, 0) is 68.1 Å². The first-order chi connectivity index (χ1) is 15.6. The lowest BCUT2D eigenvalue weighted by Gasteiger charge is -2.16. The Balaban J connectivity index is 1.63. The fourth-order valence-corrected chi connectivity index (χ4v) is 4.08. The molecule has 1 amide bonds. The second kappa shape index (κ2) is 8.27. The molecule has 172 valence electrons. The summed E-state index contributed by atoms with van der Waals surface area (Å²) in [5.74, 6) is -1.08.